The predicted molar refractivity (Wildman–Crippen MR) is 95.5 cm³/mol. The van der Waals surface area contributed by atoms with Crippen molar-refractivity contribution in [1.29, 1.82) is 0 Å². The second-order valence-corrected chi connectivity index (χ2v) is 6.28. The topological polar surface area (TPSA) is 80.3 Å². The molecule has 8 nitrogen and oxygen atoms in total. The third-order valence-electron chi connectivity index (χ3n) is 4.76. The molecule has 1 amide bonds. The fourth-order valence-corrected chi connectivity index (χ4v) is 3.07. The van der Waals surface area contributed by atoms with E-state index in [1.807, 2.05) is 24.5 Å². The highest BCUT2D eigenvalue weighted by Gasteiger charge is 2.24. The van der Waals surface area contributed by atoms with Gasteiger partial charge < -0.3 is 14.2 Å². The van der Waals surface area contributed by atoms with E-state index in [1.165, 1.54) is 6.26 Å². The molecule has 26 heavy (non-hydrogen) atoms. The number of amides is 1. The molecule has 0 saturated carbocycles. The Labute approximate surface area is 151 Å². The van der Waals surface area contributed by atoms with Crippen molar-refractivity contribution in [1.82, 2.24) is 24.4 Å². The number of hydrogen-bond donors (Lipinski definition) is 0. The molecule has 0 radical (unpaired) electrons. The van der Waals surface area contributed by atoms with Crippen LogP contribution in [0.25, 0.3) is 5.82 Å². The molecule has 4 rings (SSSR count). The predicted octanol–water partition coefficient (Wildman–Crippen LogP) is 1.83. The third kappa shape index (κ3) is 2.94. The van der Waals surface area contributed by atoms with Gasteiger partial charge >= 0.3 is 0 Å². The van der Waals surface area contributed by atoms with Gasteiger partial charge in [0.1, 0.15) is 24.3 Å². The summed E-state index contributed by atoms with van der Waals surface area (Å²) in [6.07, 6.45) is 4.86. The summed E-state index contributed by atoms with van der Waals surface area (Å²) in [5.74, 6) is 1.96. The van der Waals surface area contributed by atoms with Crippen LogP contribution in [0.1, 0.15) is 21.9 Å². The van der Waals surface area contributed by atoms with Gasteiger partial charge in [-0.2, -0.15) is 0 Å². The van der Waals surface area contributed by atoms with Crippen molar-refractivity contribution in [3.05, 3.63) is 54.3 Å². The van der Waals surface area contributed by atoms with Gasteiger partial charge in [0.15, 0.2) is 5.76 Å². The number of anilines is 1. The average molecular weight is 352 g/mol. The number of rotatable bonds is 3. The van der Waals surface area contributed by atoms with E-state index < -0.39 is 0 Å². The lowest BCUT2D eigenvalue weighted by Gasteiger charge is -2.35. The SMILES string of the molecule is Cc1ncn(-c2cc(N3CCN(C(=O)c4ccco4)CC3)ncn2)c1C. The number of aryl methyl sites for hydroxylation is 1. The van der Waals surface area contributed by atoms with Crippen LogP contribution in [-0.2, 0) is 0 Å². The molecule has 134 valence electrons. The molecule has 1 saturated heterocycles. The van der Waals surface area contributed by atoms with Gasteiger partial charge in [-0.25, -0.2) is 15.0 Å². The van der Waals surface area contributed by atoms with Crippen LogP contribution < -0.4 is 4.90 Å². The molecule has 0 aromatic carbocycles. The van der Waals surface area contributed by atoms with Crippen LogP contribution in [0.2, 0.25) is 0 Å². The number of aromatic nitrogens is 4. The first kappa shape index (κ1) is 16.3. The van der Waals surface area contributed by atoms with Gasteiger partial charge in [0.25, 0.3) is 5.91 Å². The number of piperazine rings is 1. The van der Waals surface area contributed by atoms with E-state index in [0.717, 1.165) is 23.0 Å². The van der Waals surface area contributed by atoms with E-state index >= 15 is 0 Å². The van der Waals surface area contributed by atoms with E-state index in [1.54, 1.807) is 29.7 Å². The zero-order valence-electron chi connectivity index (χ0n) is 14.8. The maximum atomic E-state index is 12.4. The van der Waals surface area contributed by atoms with Gasteiger partial charge in [-0.3, -0.25) is 9.36 Å². The maximum absolute atomic E-state index is 12.4. The van der Waals surface area contributed by atoms with Crippen LogP contribution in [-0.4, -0.2) is 56.5 Å². The smallest absolute Gasteiger partial charge is 0.289 e. The van der Waals surface area contributed by atoms with Crippen LogP contribution in [0.4, 0.5) is 5.82 Å². The summed E-state index contributed by atoms with van der Waals surface area (Å²) >= 11 is 0. The van der Waals surface area contributed by atoms with Gasteiger partial charge in [-0.1, -0.05) is 0 Å². The monoisotopic (exact) mass is 352 g/mol. The van der Waals surface area contributed by atoms with Crippen LogP contribution in [0, 0.1) is 13.8 Å². The minimum Gasteiger partial charge on any atom is -0.459 e. The van der Waals surface area contributed by atoms with Gasteiger partial charge in [-0.15, -0.1) is 0 Å². The van der Waals surface area contributed by atoms with Crippen LogP contribution >= 0.6 is 0 Å². The summed E-state index contributed by atoms with van der Waals surface area (Å²) in [6.45, 7) is 6.67. The van der Waals surface area contributed by atoms with Crippen molar-refractivity contribution >= 4 is 11.7 Å². The number of hydrogen-bond acceptors (Lipinski definition) is 6. The molecule has 4 heterocycles. The van der Waals surface area contributed by atoms with Crippen molar-refractivity contribution in [2.24, 2.45) is 0 Å². The highest BCUT2D eigenvalue weighted by atomic mass is 16.3. The highest BCUT2D eigenvalue weighted by molar-refractivity contribution is 5.91. The van der Waals surface area contributed by atoms with Gasteiger partial charge in [0, 0.05) is 37.9 Å². The van der Waals surface area contributed by atoms with Crippen molar-refractivity contribution in [3.8, 4) is 5.82 Å². The molecule has 8 heteroatoms. The van der Waals surface area contributed by atoms with Crippen molar-refractivity contribution in [3.63, 3.8) is 0 Å². The standard InChI is InChI=1S/C18H20N6O2/c1-13-14(2)24(12-21-13)17-10-16(19-11-20-17)22-5-7-23(8-6-22)18(25)15-4-3-9-26-15/h3-4,9-12H,5-8H2,1-2H3. The average Bonchev–Trinajstić information content (AvgIpc) is 3.33. The second kappa shape index (κ2) is 6.62. The van der Waals surface area contributed by atoms with Crippen molar-refractivity contribution in [2.75, 3.05) is 31.1 Å². The van der Waals surface area contributed by atoms with Crippen LogP contribution in [0.5, 0.6) is 0 Å². The van der Waals surface area contributed by atoms with Crippen molar-refractivity contribution < 1.29 is 9.21 Å². The first-order chi connectivity index (χ1) is 12.6. The minimum atomic E-state index is -0.0671. The molecule has 0 bridgehead atoms. The molecule has 0 N–H and O–H groups in total. The van der Waals surface area contributed by atoms with Crippen LogP contribution in [0.3, 0.4) is 0 Å². The number of imidazole rings is 1. The lowest BCUT2D eigenvalue weighted by molar-refractivity contribution is 0.0714. The molecular weight excluding hydrogens is 332 g/mol. The molecule has 3 aromatic rings. The largest absolute Gasteiger partial charge is 0.459 e. The minimum absolute atomic E-state index is 0.0671. The Morgan fingerprint density at radius 2 is 1.85 bits per heavy atom. The zero-order valence-corrected chi connectivity index (χ0v) is 14.8. The Balaban J connectivity index is 1.47. The molecule has 0 atom stereocenters. The Morgan fingerprint density at radius 1 is 1.08 bits per heavy atom. The maximum Gasteiger partial charge on any atom is 0.289 e. The molecule has 0 spiro atoms. The Bertz CT molecular complexity index is 910. The van der Waals surface area contributed by atoms with E-state index in [-0.39, 0.29) is 5.91 Å². The molecule has 3 aromatic heterocycles. The van der Waals surface area contributed by atoms with Gasteiger partial charge in [0.2, 0.25) is 0 Å². The van der Waals surface area contributed by atoms with E-state index in [9.17, 15) is 4.79 Å². The summed E-state index contributed by atoms with van der Waals surface area (Å²) < 4.78 is 7.16. The van der Waals surface area contributed by atoms with Crippen molar-refractivity contribution in [2.45, 2.75) is 13.8 Å². The normalized spacial score (nSPS) is 14.7. The zero-order chi connectivity index (χ0) is 18.1. The van der Waals surface area contributed by atoms with E-state index in [4.69, 9.17) is 4.42 Å². The summed E-state index contributed by atoms with van der Waals surface area (Å²) in [5, 5.41) is 0. The third-order valence-corrected chi connectivity index (χ3v) is 4.76. The number of carbonyl (C=O) groups is 1. The number of carbonyl (C=O) groups excluding carboxylic acids is 1. The summed E-state index contributed by atoms with van der Waals surface area (Å²) in [6, 6.07) is 5.38. The lowest BCUT2D eigenvalue weighted by atomic mass is 10.2. The Morgan fingerprint density at radius 3 is 2.50 bits per heavy atom. The fraction of sp³-hybridized carbons (Fsp3) is 0.333. The molecule has 1 fully saturated rings. The molecule has 0 aliphatic carbocycles. The highest BCUT2D eigenvalue weighted by Crippen LogP contribution is 2.19. The molecule has 1 aliphatic heterocycles. The van der Waals surface area contributed by atoms with E-state index in [2.05, 4.69) is 19.9 Å². The summed E-state index contributed by atoms with van der Waals surface area (Å²) in [4.78, 5) is 29.4. The van der Waals surface area contributed by atoms with E-state index in [0.29, 0.717) is 31.9 Å². The van der Waals surface area contributed by atoms with Gasteiger partial charge in [-0.05, 0) is 26.0 Å². The van der Waals surface area contributed by atoms with Crippen LogP contribution in [0.15, 0.2) is 41.5 Å². The van der Waals surface area contributed by atoms with Gasteiger partial charge in [0.05, 0.1) is 12.0 Å². The number of nitrogens with zero attached hydrogens (tertiary/aromatic N) is 6. The molecule has 0 unspecified atom stereocenters. The first-order valence-electron chi connectivity index (χ1n) is 8.54. The fourth-order valence-electron chi connectivity index (χ4n) is 3.07. The lowest BCUT2D eigenvalue weighted by Crippen LogP contribution is -2.49. The molecular formula is C18H20N6O2. The second-order valence-electron chi connectivity index (χ2n) is 6.28. The summed E-state index contributed by atoms with van der Waals surface area (Å²) in [7, 11) is 0. The Kier molecular flexibility index (Phi) is 4.16. The Hall–Kier alpha value is -3.16. The first-order valence-corrected chi connectivity index (χ1v) is 8.54. The number of furan rings is 1. The molecule has 1 aliphatic rings. The quantitative estimate of drug-likeness (QED) is 0.715. The summed E-state index contributed by atoms with van der Waals surface area (Å²) in [5.41, 5.74) is 2.04.